The molecule has 0 saturated carbocycles. The summed E-state index contributed by atoms with van der Waals surface area (Å²) in [5.74, 6) is -0.723. The molecule has 0 aliphatic rings. The molecule has 20 heavy (non-hydrogen) atoms. The van der Waals surface area contributed by atoms with E-state index in [1.807, 2.05) is 4.90 Å². The third-order valence-electron chi connectivity index (χ3n) is 2.90. The zero-order valence-corrected chi connectivity index (χ0v) is 11.7. The number of unbranched alkanes of at least 4 members (excludes halogenated alkanes) is 1. The van der Waals surface area contributed by atoms with Crippen LogP contribution in [-0.4, -0.2) is 42.2 Å². The molecule has 0 radical (unpaired) electrons. The summed E-state index contributed by atoms with van der Waals surface area (Å²) in [7, 11) is 0. The average Bonchev–Trinajstić information content (AvgIpc) is 2.40. The summed E-state index contributed by atoms with van der Waals surface area (Å²) in [6, 6.07) is 3.84. The Balaban J connectivity index is 2.58. The van der Waals surface area contributed by atoms with Crippen LogP contribution in [0.1, 0.15) is 19.8 Å². The number of nitrogens with one attached hydrogen (secondary N) is 1. The Bertz CT molecular complexity index is 440. The Labute approximate surface area is 118 Å². The van der Waals surface area contributed by atoms with Crippen molar-refractivity contribution in [3.05, 3.63) is 24.0 Å². The van der Waals surface area contributed by atoms with E-state index in [1.165, 1.54) is 18.2 Å². The van der Waals surface area contributed by atoms with Crippen molar-refractivity contribution in [3.8, 4) is 0 Å². The third-order valence-corrected chi connectivity index (χ3v) is 2.90. The molecular formula is C14H22FN3O2. The summed E-state index contributed by atoms with van der Waals surface area (Å²) >= 11 is 0. The van der Waals surface area contributed by atoms with Gasteiger partial charge in [0.1, 0.15) is 5.82 Å². The van der Waals surface area contributed by atoms with E-state index in [2.05, 4.69) is 12.2 Å². The number of nitrogens with zero attached hydrogens (tertiary/aromatic N) is 1. The van der Waals surface area contributed by atoms with Crippen LogP contribution in [0.15, 0.2) is 18.2 Å². The second-order valence-corrected chi connectivity index (χ2v) is 4.63. The van der Waals surface area contributed by atoms with Gasteiger partial charge in [-0.3, -0.25) is 9.69 Å². The van der Waals surface area contributed by atoms with Crippen LogP contribution in [0.2, 0.25) is 0 Å². The van der Waals surface area contributed by atoms with Gasteiger partial charge in [-0.2, -0.15) is 0 Å². The molecule has 0 unspecified atom stereocenters. The van der Waals surface area contributed by atoms with Crippen LogP contribution in [0, 0.1) is 5.82 Å². The van der Waals surface area contributed by atoms with E-state index in [-0.39, 0.29) is 24.7 Å². The number of hydrogen-bond donors (Lipinski definition) is 3. The lowest BCUT2D eigenvalue weighted by atomic mass is 10.2. The summed E-state index contributed by atoms with van der Waals surface area (Å²) < 4.78 is 13.1. The standard InChI is InChI=1S/C14H22FN3O2/c1-2-3-6-18(7-8-19)10-14(20)17-13-9-11(15)4-5-12(13)16/h4-5,9,19H,2-3,6-8,10,16H2,1H3,(H,17,20). The number of carbonyl (C=O) groups excluding carboxylic acids is 1. The number of amides is 1. The molecule has 6 heteroatoms. The van der Waals surface area contributed by atoms with Crippen molar-refractivity contribution in [1.29, 1.82) is 0 Å². The predicted octanol–water partition coefficient (Wildman–Crippen LogP) is 1.44. The van der Waals surface area contributed by atoms with Gasteiger partial charge < -0.3 is 16.2 Å². The first kappa shape index (κ1) is 16.4. The van der Waals surface area contributed by atoms with Crippen LogP contribution in [0.3, 0.4) is 0 Å². The van der Waals surface area contributed by atoms with E-state index in [4.69, 9.17) is 10.8 Å². The van der Waals surface area contributed by atoms with Crippen LogP contribution in [0.5, 0.6) is 0 Å². The third kappa shape index (κ3) is 5.54. The average molecular weight is 283 g/mol. The van der Waals surface area contributed by atoms with Gasteiger partial charge in [-0.1, -0.05) is 13.3 Å². The molecule has 1 aromatic carbocycles. The lowest BCUT2D eigenvalue weighted by molar-refractivity contribution is -0.117. The minimum absolute atomic E-state index is 0.000895. The van der Waals surface area contributed by atoms with Crippen molar-refractivity contribution in [2.24, 2.45) is 0 Å². The van der Waals surface area contributed by atoms with Gasteiger partial charge in [0, 0.05) is 6.54 Å². The molecule has 0 spiro atoms. The van der Waals surface area contributed by atoms with Crippen molar-refractivity contribution < 1.29 is 14.3 Å². The fourth-order valence-corrected chi connectivity index (χ4v) is 1.82. The molecule has 4 N–H and O–H groups in total. The molecule has 0 saturated heterocycles. The highest BCUT2D eigenvalue weighted by Crippen LogP contribution is 2.19. The minimum Gasteiger partial charge on any atom is -0.397 e. The van der Waals surface area contributed by atoms with Gasteiger partial charge in [0.05, 0.1) is 24.5 Å². The zero-order valence-electron chi connectivity index (χ0n) is 11.7. The van der Waals surface area contributed by atoms with Crippen molar-refractivity contribution in [2.75, 3.05) is 37.3 Å². The smallest absolute Gasteiger partial charge is 0.238 e. The zero-order chi connectivity index (χ0) is 15.0. The second kappa shape index (κ2) is 8.50. The van der Waals surface area contributed by atoms with Crippen LogP contribution >= 0.6 is 0 Å². The van der Waals surface area contributed by atoms with E-state index in [1.54, 1.807) is 0 Å². The first-order chi connectivity index (χ1) is 9.56. The Morgan fingerprint density at radius 1 is 1.45 bits per heavy atom. The van der Waals surface area contributed by atoms with E-state index >= 15 is 0 Å². The predicted molar refractivity (Wildman–Crippen MR) is 77.9 cm³/mol. The summed E-state index contributed by atoms with van der Waals surface area (Å²) in [6.07, 6.45) is 1.97. The minimum atomic E-state index is -0.451. The fraction of sp³-hybridized carbons (Fsp3) is 0.500. The van der Waals surface area contributed by atoms with Crippen molar-refractivity contribution in [3.63, 3.8) is 0 Å². The molecule has 1 aromatic rings. The van der Waals surface area contributed by atoms with Crippen molar-refractivity contribution in [1.82, 2.24) is 4.90 Å². The van der Waals surface area contributed by atoms with E-state index < -0.39 is 5.82 Å². The highest BCUT2D eigenvalue weighted by molar-refractivity contribution is 5.95. The Morgan fingerprint density at radius 3 is 2.85 bits per heavy atom. The molecule has 1 rings (SSSR count). The number of aliphatic hydroxyl groups is 1. The highest BCUT2D eigenvalue weighted by Gasteiger charge is 2.11. The first-order valence-corrected chi connectivity index (χ1v) is 6.75. The van der Waals surface area contributed by atoms with Gasteiger partial charge in [-0.25, -0.2) is 4.39 Å². The summed E-state index contributed by atoms with van der Waals surface area (Å²) in [5, 5.41) is 11.6. The number of benzene rings is 1. The first-order valence-electron chi connectivity index (χ1n) is 6.75. The monoisotopic (exact) mass is 283 g/mol. The normalized spacial score (nSPS) is 10.8. The van der Waals surface area contributed by atoms with Gasteiger partial charge in [0.15, 0.2) is 0 Å². The topological polar surface area (TPSA) is 78.6 Å². The SMILES string of the molecule is CCCCN(CCO)CC(=O)Nc1cc(F)ccc1N. The van der Waals surface area contributed by atoms with Crippen LogP contribution in [0.25, 0.3) is 0 Å². The highest BCUT2D eigenvalue weighted by atomic mass is 19.1. The molecule has 0 atom stereocenters. The van der Waals surface area contributed by atoms with Crippen molar-refractivity contribution >= 4 is 17.3 Å². The number of rotatable bonds is 8. The summed E-state index contributed by atoms with van der Waals surface area (Å²) in [5.41, 5.74) is 6.27. The second-order valence-electron chi connectivity index (χ2n) is 4.63. The summed E-state index contributed by atoms with van der Waals surface area (Å²) in [4.78, 5) is 13.8. The van der Waals surface area contributed by atoms with Gasteiger partial charge >= 0.3 is 0 Å². The number of nitrogens with two attached hydrogens (primary N) is 1. The van der Waals surface area contributed by atoms with Gasteiger partial charge in [-0.05, 0) is 31.2 Å². The Hall–Kier alpha value is -1.66. The largest absolute Gasteiger partial charge is 0.397 e. The molecule has 0 aliphatic heterocycles. The van der Waals surface area contributed by atoms with E-state index in [0.29, 0.717) is 12.2 Å². The van der Waals surface area contributed by atoms with Gasteiger partial charge in [-0.15, -0.1) is 0 Å². The molecule has 1 amide bonds. The van der Waals surface area contributed by atoms with Gasteiger partial charge in [0.2, 0.25) is 5.91 Å². The molecular weight excluding hydrogens is 261 g/mol. The molecule has 0 fully saturated rings. The molecule has 5 nitrogen and oxygen atoms in total. The summed E-state index contributed by atoms with van der Waals surface area (Å²) in [6.45, 7) is 3.38. The number of halogens is 1. The number of nitrogen functional groups attached to an aromatic ring is 1. The maximum atomic E-state index is 13.1. The molecule has 112 valence electrons. The van der Waals surface area contributed by atoms with Crippen LogP contribution < -0.4 is 11.1 Å². The van der Waals surface area contributed by atoms with Gasteiger partial charge in [0.25, 0.3) is 0 Å². The van der Waals surface area contributed by atoms with Crippen LogP contribution in [-0.2, 0) is 4.79 Å². The maximum absolute atomic E-state index is 13.1. The van der Waals surface area contributed by atoms with Crippen molar-refractivity contribution in [2.45, 2.75) is 19.8 Å². The van der Waals surface area contributed by atoms with E-state index in [0.717, 1.165) is 19.4 Å². The molecule has 0 aliphatic carbocycles. The number of hydrogen-bond acceptors (Lipinski definition) is 4. The van der Waals surface area contributed by atoms with E-state index in [9.17, 15) is 9.18 Å². The van der Waals surface area contributed by atoms with Crippen LogP contribution in [0.4, 0.5) is 15.8 Å². The fourth-order valence-electron chi connectivity index (χ4n) is 1.82. The lowest BCUT2D eigenvalue weighted by Gasteiger charge is -2.20. The quantitative estimate of drug-likeness (QED) is 0.631. The molecule has 0 bridgehead atoms. The number of carbonyl (C=O) groups is 1. The number of anilines is 2. The Kier molecular flexibility index (Phi) is 6.97. The number of aliphatic hydroxyl groups excluding tert-OH is 1. The molecule has 0 heterocycles. The lowest BCUT2D eigenvalue weighted by Crippen LogP contribution is -2.36. The Morgan fingerprint density at radius 2 is 2.20 bits per heavy atom. The molecule has 0 aromatic heterocycles. The maximum Gasteiger partial charge on any atom is 0.238 e.